The zero-order chi connectivity index (χ0) is 34.5. The Hall–Kier alpha value is -4.29. The summed E-state index contributed by atoms with van der Waals surface area (Å²) < 4.78 is 0. The van der Waals surface area contributed by atoms with Gasteiger partial charge in [0.25, 0.3) is 0 Å². The maximum atomic E-state index is 14.4. The lowest BCUT2D eigenvalue weighted by Crippen LogP contribution is -2.59. The largest absolute Gasteiger partial charge is 0.354 e. The van der Waals surface area contributed by atoms with Crippen LogP contribution in [0.3, 0.4) is 0 Å². The van der Waals surface area contributed by atoms with E-state index in [0.717, 1.165) is 5.56 Å². The Morgan fingerprint density at radius 3 is 2.19 bits per heavy atom. The maximum absolute atomic E-state index is 14.4. The molecule has 48 heavy (non-hydrogen) atoms. The minimum absolute atomic E-state index is 0.116. The lowest BCUT2D eigenvalue weighted by Gasteiger charge is -2.33. The van der Waals surface area contributed by atoms with E-state index in [2.05, 4.69) is 31.9 Å². The van der Waals surface area contributed by atoms with Gasteiger partial charge in [-0.2, -0.15) is 0 Å². The van der Waals surface area contributed by atoms with Gasteiger partial charge in [-0.05, 0) is 50.3 Å². The van der Waals surface area contributed by atoms with E-state index in [1.54, 1.807) is 43.1 Å². The number of hydrogen-bond donors (Lipinski definition) is 6. The standard InChI is InChI=1S/C36H51N7O5/c1-4-28(37-3)33(45)42-32-26(23-38-22-24-12-8-6-9-13-24)16-17-27-18-19-29(43(27)36(32)48)34(46)41-31(25-14-10-7-11-15-25)35(47)40-21-20-39-30(44)5-2/h6-15,26-29,31-32,37-38H,4-5,16-23H2,1-3H3,(H,39,44)(H,40,47)(H,41,46)(H,42,45)/t26-,27+,28+,29+,31+,32+/m1/s1. The van der Waals surface area contributed by atoms with Crippen LogP contribution in [0.2, 0.25) is 0 Å². The zero-order valence-electron chi connectivity index (χ0n) is 28.3. The number of nitrogens with zero attached hydrogens (tertiary/aromatic N) is 1. The van der Waals surface area contributed by atoms with Gasteiger partial charge in [-0.1, -0.05) is 74.5 Å². The van der Waals surface area contributed by atoms with Crippen molar-refractivity contribution in [2.45, 2.75) is 89.1 Å². The van der Waals surface area contributed by atoms with Gasteiger partial charge in [0.1, 0.15) is 18.1 Å². The molecule has 6 N–H and O–H groups in total. The molecule has 2 aliphatic rings. The summed E-state index contributed by atoms with van der Waals surface area (Å²) >= 11 is 0. The van der Waals surface area contributed by atoms with Gasteiger partial charge in [0.2, 0.25) is 29.5 Å². The Bertz CT molecular complexity index is 1370. The van der Waals surface area contributed by atoms with Crippen LogP contribution in [0.15, 0.2) is 60.7 Å². The van der Waals surface area contributed by atoms with Crippen molar-refractivity contribution in [2.24, 2.45) is 5.92 Å². The molecule has 0 aromatic heterocycles. The first kappa shape index (κ1) is 36.5. The number of hydrogen-bond acceptors (Lipinski definition) is 7. The Kier molecular flexibility index (Phi) is 13.9. The summed E-state index contributed by atoms with van der Waals surface area (Å²) in [5, 5.41) is 18.0. The summed E-state index contributed by atoms with van der Waals surface area (Å²) in [6.07, 6.45) is 3.43. The van der Waals surface area contributed by atoms with Gasteiger partial charge in [0, 0.05) is 44.6 Å². The number of nitrogens with one attached hydrogen (secondary N) is 6. The van der Waals surface area contributed by atoms with Crippen LogP contribution < -0.4 is 31.9 Å². The molecule has 0 radical (unpaired) electrons. The molecule has 2 heterocycles. The molecule has 0 unspecified atom stereocenters. The molecule has 12 heteroatoms. The molecule has 4 rings (SSSR count). The molecule has 0 spiro atoms. The normalized spacial score (nSPS) is 21.7. The summed E-state index contributed by atoms with van der Waals surface area (Å²) in [5.74, 6) is -1.64. The van der Waals surface area contributed by atoms with Crippen LogP contribution in [0.25, 0.3) is 0 Å². The Labute approximate surface area is 283 Å². The fraction of sp³-hybridized carbons (Fsp3) is 0.528. The van der Waals surface area contributed by atoms with Gasteiger partial charge in [0.05, 0.1) is 6.04 Å². The van der Waals surface area contributed by atoms with Crippen molar-refractivity contribution in [1.82, 2.24) is 36.8 Å². The highest BCUT2D eigenvalue weighted by molar-refractivity contribution is 5.96. The number of benzene rings is 2. The minimum atomic E-state index is -0.993. The first-order valence-electron chi connectivity index (χ1n) is 17.2. The van der Waals surface area contributed by atoms with Gasteiger partial charge >= 0.3 is 0 Å². The first-order chi connectivity index (χ1) is 23.3. The van der Waals surface area contributed by atoms with Gasteiger partial charge < -0.3 is 36.8 Å². The fourth-order valence-corrected chi connectivity index (χ4v) is 6.66. The molecule has 12 nitrogen and oxygen atoms in total. The maximum Gasteiger partial charge on any atom is 0.247 e. The van der Waals surface area contributed by atoms with Crippen molar-refractivity contribution < 1.29 is 24.0 Å². The van der Waals surface area contributed by atoms with Crippen LogP contribution in [0, 0.1) is 5.92 Å². The van der Waals surface area contributed by atoms with Crippen molar-refractivity contribution >= 4 is 29.5 Å². The summed E-state index contributed by atoms with van der Waals surface area (Å²) in [5.41, 5.74) is 1.73. The molecule has 2 saturated heterocycles. The lowest BCUT2D eigenvalue weighted by molar-refractivity contribution is -0.144. The monoisotopic (exact) mass is 661 g/mol. The lowest BCUT2D eigenvalue weighted by atomic mass is 9.92. The average molecular weight is 662 g/mol. The number of fused-ring (bicyclic) bond motifs is 1. The predicted octanol–water partition coefficient (Wildman–Crippen LogP) is 1.53. The summed E-state index contributed by atoms with van der Waals surface area (Å²) in [6.45, 7) is 5.28. The average Bonchev–Trinajstić information content (AvgIpc) is 3.49. The first-order valence-corrected chi connectivity index (χ1v) is 17.2. The molecule has 5 amide bonds. The summed E-state index contributed by atoms with van der Waals surface area (Å²) in [4.78, 5) is 68.4. The van der Waals surface area contributed by atoms with Gasteiger partial charge in [-0.25, -0.2) is 0 Å². The van der Waals surface area contributed by atoms with Crippen molar-refractivity contribution in [2.75, 3.05) is 26.7 Å². The second kappa shape index (κ2) is 18.3. The quantitative estimate of drug-likeness (QED) is 0.149. The SMILES string of the molecule is CCC(=O)NCCNC(=O)[C@@H](NC(=O)[C@@H]1CC[C@@H]2CC[C@H](CNCc3ccccc3)[C@H](NC(=O)[C@H](CC)NC)C(=O)N21)c1ccccc1. The number of amides is 5. The molecule has 2 aromatic rings. The third-order valence-corrected chi connectivity index (χ3v) is 9.37. The molecule has 2 aromatic carbocycles. The van der Waals surface area contributed by atoms with Crippen LogP contribution in [0.5, 0.6) is 0 Å². The molecule has 260 valence electrons. The van der Waals surface area contributed by atoms with E-state index < -0.39 is 36.0 Å². The fourth-order valence-electron chi connectivity index (χ4n) is 6.66. The second-order valence-corrected chi connectivity index (χ2v) is 12.5. The summed E-state index contributed by atoms with van der Waals surface area (Å²) in [6, 6.07) is 15.8. The van der Waals surface area contributed by atoms with Gasteiger partial charge in [-0.3, -0.25) is 24.0 Å². The van der Waals surface area contributed by atoms with E-state index in [1.807, 2.05) is 43.3 Å². The molecule has 0 aliphatic carbocycles. The Morgan fingerprint density at radius 2 is 1.52 bits per heavy atom. The summed E-state index contributed by atoms with van der Waals surface area (Å²) in [7, 11) is 1.72. The minimum Gasteiger partial charge on any atom is -0.354 e. The van der Waals surface area contributed by atoms with Crippen LogP contribution in [0.1, 0.15) is 69.5 Å². The second-order valence-electron chi connectivity index (χ2n) is 12.5. The molecular weight excluding hydrogens is 610 g/mol. The van der Waals surface area contributed by atoms with E-state index in [9.17, 15) is 24.0 Å². The third-order valence-electron chi connectivity index (χ3n) is 9.37. The van der Waals surface area contributed by atoms with Crippen molar-refractivity contribution in [1.29, 1.82) is 0 Å². The Morgan fingerprint density at radius 1 is 0.854 bits per heavy atom. The molecular formula is C36H51N7O5. The number of carbonyl (C=O) groups is 5. The molecule has 6 atom stereocenters. The van der Waals surface area contributed by atoms with Gasteiger partial charge in [-0.15, -0.1) is 0 Å². The van der Waals surface area contributed by atoms with Crippen molar-refractivity contribution in [3.8, 4) is 0 Å². The molecule has 2 aliphatic heterocycles. The highest BCUT2D eigenvalue weighted by Crippen LogP contribution is 2.34. The van der Waals surface area contributed by atoms with E-state index in [-0.39, 0.29) is 42.8 Å². The highest BCUT2D eigenvalue weighted by atomic mass is 16.2. The molecule has 0 saturated carbocycles. The van der Waals surface area contributed by atoms with Crippen molar-refractivity contribution in [3.63, 3.8) is 0 Å². The van der Waals surface area contributed by atoms with E-state index >= 15 is 0 Å². The van der Waals surface area contributed by atoms with Crippen molar-refractivity contribution in [3.05, 3.63) is 71.8 Å². The molecule has 0 bridgehead atoms. The smallest absolute Gasteiger partial charge is 0.247 e. The zero-order valence-corrected chi connectivity index (χ0v) is 28.3. The number of carbonyl (C=O) groups excluding carboxylic acids is 5. The topological polar surface area (TPSA) is 161 Å². The van der Waals surface area contributed by atoms with Crippen LogP contribution in [0.4, 0.5) is 0 Å². The van der Waals surface area contributed by atoms with Gasteiger partial charge in [0.15, 0.2) is 0 Å². The predicted molar refractivity (Wildman–Crippen MR) is 183 cm³/mol. The van der Waals surface area contributed by atoms with Crippen LogP contribution in [-0.2, 0) is 30.5 Å². The Balaban J connectivity index is 1.51. The van der Waals surface area contributed by atoms with E-state index in [0.29, 0.717) is 57.2 Å². The third kappa shape index (κ3) is 9.63. The van der Waals surface area contributed by atoms with Crippen LogP contribution >= 0.6 is 0 Å². The van der Waals surface area contributed by atoms with E-state index in [1.165, 1.54) is 0 Å². The number of rotatable bonds is 16. The molecule has 2 fully saturated rings. The highest BCUT2D eigenvalue weighted by Gasteiger charge is 2.48. The number of likely N-dealkylation sites (N-methyl/N-ethyl adjacent to an activating group) is 1. The van der Waals surface area contributed by atoms with Crippen LogP contribution in [-0.4, -0.2) is 85.3 Å². The van der Waals surface area contributed by atoms with E-state index in [4.69, 9.17) is 0 Å².